The number of hydrogen-bond donors (Lipinski definition) is 0. The largest absolute Gasteiger partial charge is 0.0654 e. The summed E-state index contributed by atoms with van der Waals surface area (Å²) in [6, 6.07) is 0. The van der Waals surface area contributed by atoms with Gasteiger partial charge in [0.2, 0.25) is 0 Å². The van der Waals surface area contributed by atoms with Gasteiger partial charge in [-0.3, -0.25) is 0 Å². The van der Waals surface area contributed by atoms with Crippen LogP contribution >= 0.6 is 0 Å². The zero-order valence-electron chi connectivity index (χ0n) is 7.97. The van der Waals surface area contributed by atoms with Crippen LogP contribution in [0.4, 0.5) is 0 Å². The third-order valence-electron chi connectivity index (χ3n) is 1.96. The molecule has 0 nitrogen and oxygen atoms in total. The van der Waals surface area contributed by atoms with Gasteiger partial charge in [0.15, 0.2) is 0 Å². The first-order valence-corrected chi connectivity index (χ1v) is 4.91. The number of hydrogen-bond acceptors (Lipinski definition) is 0. The third-order valence-corrected chi connectivity index (χ3v) is 1.96. The molecule has 0 aliphatic heterocycles. The van der Waals surface area contributed by atoms with Gasteiger partial charge < -0.3 is 0 Å². The molecule has 0 aliphatic rings. The van der Waals surface area contributed by atoms with Crippen molar-refractivity contribution in [1.29, 1.82) is 0 Å². The first-order chi connectivity index (χ1) is 4.91. The summed E-state index contributed by atoms with van der Waals surface area (Å²) in [5, 5.41) is 0. The average molecular weight is 337 g/mol. The quantitative estimate of drug-likeness (QED) is 0.613. The van der Waals surface area contributed by atoms with Crippen LogP contribution in [0.5, 0.6) is 0 Å². The van der Waals surface area contributed by atoms with E-state index in [0.717, 1.165) is 0 Å². The van der Waals surface area contributed by atoms with Crippen molar-refractivity contribution in [3.05, 3.63) is 0 Å². The van der Waals surface area contributed by atoms with E-state index in [1.54, 1.807) is 0 Å². The Labute approximate surface area is 86.4 Å². The summed E-state index contributed by atoms with van der Waals surface area (Å²) in [5.74, 6) is 0. The van der Waals surface area contributed by atoms with E-state index in [-0.39, 0.29) is 21.1 Å². The monoisotopic (exact) mass is 337 g/mol. The molecule has 0 spiro atoms. The van der Waals surface area contributed by atoms with Crippen LogP contribution in [0, 0.1) is 0 Å². The van der Waals surface area contributed by atoms with E-state index in [1.165, 1.54) is 51.4 Å². The third kappa shape index (κ3) is 13.6. The zero-order valence-corrected chi connectivity index (χ0v) is 10.2. The Balaban J connectivity index is 0. The molecule has 0 amide bonds. The van der Waals surface area contributed by atoms with Gasteiger partial charge in [0.05, 0.1) is 0 Å². The molecule has 0 aromatic carbocycles. The van der Waals surface area contributed by atoms with Crippen LogP contribution in [-0.4, -0.2) is 0 Å². The smallest absolute Gasteiger partial charge is 0 e. The van der Waals surface area contributed by atoms with Crippen LogP contribution in [0.3, 0.4) is 0 Å². The van der Waals surface area contributed by atoms with Crippen molar-refractivity contribution in [2.75, 3.05) is 0 Å². The van der Waals surface area contributed by atoms with Crippen molar-refractivity contribution in [1.82, 2.24) is 0 Å². The molecule has 0 saturated carbocycles. The van der Waals surface area contributed by atoms with Gasteiger partial charge in [0, 0.05) is 21.1 Å². The maximum absolute atomic E-state index is 2.27. The second kappa shape index (κ2) is 13.3. The number of rotatable bonds is 7. The summed E-state index contributed by atoms with van der Waals surface area (Å²) in [6.45, 7) is 4.54. The summed E-state index contributed by atoms with van der Waals surface area (Å²) >= 11 is 0. The Bertz CT molecular complexity index is 44.8. The SMILES string of the molecule is CCCCCCCCCC.[Pt]. The van der Waals surface area contributed by atoms with Crippen molar-refractivity contribution in [2.45, 2.75) is 65.2 Å². The molecule has 1 heteroatoms. The predicted molar refractivity (Wildman–Crippen MR) is 48.3 cm³/mol. The number of unbranched alkanes of at least 4 members (excludes halogenated alkanes) is 7. The van der Waals surface area contributed by atoms with Gasteiger partial charge in [0.1, 0.15) is 0 Å². The second-order valence-electron chi connectivity index (χ2n) is 3.12. The molecule has 11 heavy (non-hydrogen) atoms. The minimum Gasteiger partial charge on any atom is -0.0654 e. The first-order valence-electron chi connectivity index (χ1n) is 4.91. The van der Waals surface area contributed by atoms with Crippen LogP contribution in [0.2, 0.25) is 0 Å². The summed E-state index contributed by atoms with van der Waals surface area (Å²) in [4.78, 5) is 0. The second-order valence-corrected chi connectivity index (χ2v) is 3.12. The Morgan fingerprint density at radius 3 is 1.09 bits per heavy atom. The fourth-order valence-corrected chi connectivity index (χ4v) is 1.21. The van der Waals surface area contributed by atoms with Gasteiger partial charge in [-0.25, -0.2) is 0 Å². The van der Waals surface area contributed by atoms with Crippen molar-refractivity contribution in [2.24, 2.45) is 0 Å². The van der Waals surface area contributed by atoms with Gasteiger partial charge in [-0.15, -0.1) is 0 Å². The predicted octanol–water partition coefficient (Wildman–Crippen LogP) is 4.14. The van der Waals surface area contributed by atoms with Gasteiger partial charge in [-0.05, 0) is 0 Å². The molecule has 0 aromatic heterocycles. The molecule has 0 unspecified atom stereocenters. The first kappa shape index (κ1) is 14.2. The van der Waals surface area contributed by atoms with E-state index in [4.69, 9.17) is 0 Å². The zero-order chi connectivity index (χ0) is 7.66. The van der Waals surface area contributed by atoms with Gasteiger partial charge >= 0.3 is 0 Å². The summed E-state index contributed by atoms with van der Waals surface area (Å²) < 4.78 is 0. The molecule has 0 aromatic rings. The van der Waals surface area contributed by atoms with Crippen LogP contribution in [0.25, 0.3) is 0 Å². The molecular formula is C10H22Pt. The van der Waals surface area contributed by atoms with Gasteiger partial charge in [-0.2, -0.15) is 0 Å². The van der Waals surface area contributed by atoms with E-state index in [1.807, 2.05) is 0 Å². The molecule has 0 rings (SSSR count). The van der Waals surface area contributed by atoms with Gasteiger partial charge in [-0.1, -0.05) is 65.2 Å². The minimum absolute atomic E-state index is 0. The molecule has 72 valence electrons. The summed E-state index contributed by atoms with van der Waals surface area (Å²) in [7, 11) is 0. The Morgan fingerprint density at radius 2 is 0.818 bits per heavy atom. The average Bonchev–Trinajstić information content (AvgIpc) is 1.97. The molecule has 0 aliphatic carbocycles. The molecule has 0 bridgehead atoms. The molecular weight excluding hydrogens is 315 g/mol. The van der Waals surface area contributed by atoms with Crippen LogP contribution in [-0.2, 0) is 21.1 Å². The Morgan fingerprint density at radius 1 is 0.545 bits per heavy atom. The van der Waals surface area contributed by atoms with Crippen molar-refractivity contribution >= 4 is 0 Å². The normalized spacial score (nSPS) is 9.27. The Kier molecular flexibility index (Phi) is 17.2. The fourth-order valence-electron chi connectivity index (χ4n) is 1.21. The molecule has 0 N–H and O–H groups in total. The molecule has 0 heterocycles. The van der Waals surface area contributed by atoms with E-state index in [0.29, 0.717) is 0 Å². The minimum atomic E-state index is 0. The standard InChI is InChI=1S/C10H22.Pt/c1-3-5-7-9-10-8-6-4-2;/h3-10H2,1-2H3;. The van der Waals surface area contributed by atoms with E-state index in [2.05, 4.69) is 13.8 Å². The topological polar surface area (TPSA) is 0 Å². The van der Waals surface area contributed by atoms with E-state index >= 15 is 0 Å². The maximum Gasteiger partial charge on any atom is 0 e. The molecule has 0 saturated heterocycles. The van der Waals surface area contributed by atoms with E-state index < -0.39 is 0 Å². The fraction of sp³-hybridized carbons (Fsp3) is 1.00. The Hall–Kier alpha value is 0.688. The molecule has 0 atom stereocenters. The van der Waals surface area contributed by atoms with Crippen LogP contribution in [0.1, 0.15) is 65.2 Å². The van der Waals surface area contributed by atoms with Crippen molar-refractivity contribution < 1.29 is 21.1 Å². The van der Waals surface area contributed by atoms with Crippen molar-refractivity contribution in [3.63, 3.8) is 0 Å². The van der Waals surface area contributed by atoms with Crippen molar-refractivity contribution in [3.8, 4) is 0 Å². The van der Waals surface area contributed by atoms with Gasteiger partial charge in [0.25, 0.3) is 0 Å². The maximum atomic E-state index is 2.27. The van der Waals surface area contributed by atoms with E-state index in [9.17, 15) is 0 Å². The van der Waals surface area contributed by atoms with Crippen LogP contribution < -0.4 is 0 Å². The summed E-state index contributed by atoms with van der Waals surface area (Å²) in [6.07, 6.45) is 11.5. The molecule has 0 radical (unpaired) electrons. The van der Waals surface area contributed by atoms with Crippen LogP contribution in [0.15, 0.2) is 0 Å². The molecule has 0 fully saturated rings. The summed E-state index contributed by atoms with van der Waals surface area (Å²) in [5.41, 5.74) is 0.